The molecule has 146 valence electrons. The van der Waals surface area contributed by atoms with Crippen LogP contribution in [0.1, 0.15) is 50.7 Å². The maximum Gasteiger partial charge on any atom is 0.252 e. The monoisotopic (exact) mass is 389 g/mol. The number of hydrogen-bond acceptors (Lipinski definition) is 6. The first-order valence-electron chi connectivity index (χ1n) is 9.71. The Hall–Kier alpha value is -1.70. The SMILES string of the molecule is Cc1noc(C)c1CN1CCc2c(C(=O)NC[C@@H]3CCCOC3)csc2C1. The lowest BCUT2D eigenvalue weighted by atomic mass is 10.0. The van der Waals surface area contributed by atoms with Gasteiger partial charge in [0.2, 0.25) is 0 Å². The third-order valence-corrected chi connectivity index (χ3v) is 6.65. The first kappa shape index (κ1) is 18.7. The van der Waals surface area contributed by atoms with Crippen LogP contribution in [0.25, 0.3) is 0 Å². The number of hydrogen-bond donors (Lipinski definition) is 1. The van der Waals surface area contributed by atoms with Crippen LogP contribution in [0.5, 0.6) is 0 Å². The second kappa shape index (κ2) is 8.12. The van der Waals surface area contributed by atoms with Gasteiger partial charge in [0.15, 0.2) is 0 Å². The van der Waals surface area contributed by atoms with Crippen LogP contribution in [0.2, 0.25) is 0 Å². The molecule has 0 spiro atoms. The topological polar surface area (TPSA) is 67.6 Å². The van der Waals surface area contributed by atoms with Crippen molar-refractivity contribution in [2.24, 2.45) is 5.92 Å². The molecule has 0 radical (unpaired) electrons. The zero-order valence-corrected chi connectivity index (χ0v) is 16.9. The standard InChI is InChI=1S/C20H27N3O3S/c1-13-17(14(2)26-22-13)9-23-6-5-16-18(12-27-19(16)10-23)20(24)21-8-15-4-3-7-25-11-15/h12,15H,3-11H2,1-2H3,(H,21,24)/t15-/m0/s1. The van der Waals surface area contributed by atoms with Crippen LogP contribution >= 0.6 is 11.3 Å². The van der Waals surface area contributed by atoms with E-state index in [1.54, 1.807) is 11.3 Å². The molecule has 2 aliphatic heterocycles. The van der Waals surface area contributed by atoms with Gasteiger partial charge in [0.05, 0.1) is 17.9 Å². The van der Waals surface area contributed by atoms with Gasteiger partial charge in [0.1, 0.15) is 5.76 Å². The highest BCUT2D eigenvalue weighted by molar-refractivity contribution is 7.10. The molecule has 0 saturated carbocycles. The molecule has 1 fully saturated rings. The fourth-order valence-electron chi connectivity index (χ4n) is 3.96. The number of nitrogens with zero attached hydrogens (tertiary/aromatic N) is 2. The summed E-state index contributed by atoms with van der Waals surface area (Å²) in [4.78, 5) is 16.4. The summed E-state index contributed by atoms with van der Waals surface area (Å²) < 4.78 is 10.8. The molecule has 1 N–H and O–H groups in total. The number of ether oxygens (including phenoxy) is 1. The summed E-state index contributed by atoms with van der Waals surface area (Å²) in [5.74, 6) is 1.41. The van der Waals surface area contributed by atoms with Crippen molar-refractivity contribution in [1.29, 1.82) is 0 Å². The molecule has 4 rings (SSSR count). The summed E-state index contributed by atoms with van der Waals surface area (Å²) in [7, 11) is 0. The summed E-state index contributed by atoms with van der Waals surface area (Å²) in [6, 6.07) is 0. The number of aryl methyl sites for hydroxylation is 2. The first-order chi connectivity index (χ1) is 13.1. The van der Waals surface area contributed by atoms with Crippen LogP contribution in [-0.4, -0.2) is 42.3 Å². The fraction of sp³-hybridized carbons (Fsp3) is 0.600. The van der Waals surface area contributed by atoms with Gasteiger partial charge < -0.3 is 14.6 Å². The van der Waals surface area contributed by atoms with Gasteiger partial charge in [0.25, 0.3) is 5.91 Å². The Bertz CT molecular complexity index is 788. The van der Waals surface area contributed by atoms with Crippen LogP contribution in [0.15, 0.2) is 9.90 Å². The molecule has 0 aliphatic carbocycles. The van der Waals surface area contributed by atoms with Crippen molar-refractivity contribution >= 4 is 17.2 Å². The molecule has 2 aromatic rings. The largest absolute Gasteiger partial charge is 0.381 e. The van der Waals surface area contributed by atoms with Gasteiger partial charge in [-0.05, 0) is 44.6 Å². The van der Waals surface area contributed by atoms with E-state index < -0.39 is 0 Å². The molecule has 1 atom stereocenters. The Balaban J connectivity index is 1.37. The van der Waals surface area contributed by atoms with E-state index in [2.05, 4.69) is 15.4 Å². The molecular formula is C20H27N3O3S. The highest BCUT2D eigenvalue weighted by Gasteiger charge is 2.25. The minimum absolute atomic E-state index is 0.0669. The van der Waals surface area contributed by atoms with Crippen molar-refractivity contribution in [3.63, 3.8) is 0 Å². The average Bonchev–Trinajstić information content (AvgIpc) is 3.25. The maximum absolute atomic E-state index is 12.7. The van der Waals surface area contributed by atoms with Crippen molar-refractivity contribution in [2.75, 3.05) is 26.3 Å². The molecule has 2 aromatic heterocycles. The third-order valence-electron chi connectivity index (χ3n) is 5.64. The minimum atomic E-state index is 0.0669. The van der Waals surface area contributed by atoms with Gasteiger partial charge in [0, 0.05) is 48.6 Å². The van der Waals surface area contributed by atoms with Crippen molar-refractivity contribution < 1.29 is 14.1 Å². The molecule has 6 nitrogen and oxygen atoms in total. The van der Waals surface area contributed by atoms with Gasteiger partial charge in [-0.3, -0.25) is 9.69 Å². The Morgan fingerprint density at radius 3 is 3.07 bits per heavy atom. The van der Waals surface area contributed by atoms with E-state index in [4.69, 9.17) is 9.26 Å². The molecule has 4 heterocycles. The summed E-state index contributed by atoms with van der Waals surface area (Å²) in [6.07, 6.45) is 3.14. The quantitative estimate of drug-likeness (QED) is 0.851. The Morgan fingerprint density at radius 2 is 2.33 bits per heavy atom. The average molecular weight is 390 g/mol. The normalized spacial score (nSPS) is 20.4. The number of amides is 1. The van der Waals surface area contributed by atoms with Crippen LogP contribution in [0.4, 0.5) is 0 Å². The van der Waals surface area contributed by atoms with Crippen LogP contribution in [0, 0.1) is 19.8 Å². The van der Waals surface area contributed by atoms with E-state index in [0.29, 0.717) is 12.5 Å². The summed E-state index contributed by atoms with van der Waals surface area (Å²) in [5.41, 5.74) is 4.25. The van der Waals surface area contributed by atoms with Gasteiger partial charge in [-0.25, -0.2) is 0 Å². The number of nitrogens with one attached hydrogen (secondary N) is 1. The maximum atomic E-state index is 12.7. The second-order valence-corrected chi connectivity index (χ2v) is 8.57. The number of carbonyl (C=O) groups is 1. The molecule has 7 heteroatoms. The van der Waals surface area contributed by atoms with E-state index in [-0.39, 0.29) is 5.91 Å². The van der Waals surface area contributed by atoms with Gasteiger partial charge in [-0.2, -0.15) is 0 Å². The second-order valence-electron chi connectivity index (χ2n) is 7.61. The lowest BCUT2D eigenvalue weighted by Crippen LogP contribution is -2.34. The van der Waals surface area contributed by atoms with Crippen LogP contribution < -0.4 is 5.32 Å². The van der Waals surface area contributed by atoms with Crippen LogP contribution in [0.3, 0.4) is 0 Å². The zero-order valence-electron chi connectivity index (χ0n) is 16.0. The molecule has 0 aromatic carbocycles. The molecule has 2 aliphatic rings. The number of thiophene rings is 1. The Kier molecular flexibility index (Phi) is 5.61. The van der Waals surface area contributed by atoms with Crippen molar-refractivity contribution in [3.8, 4) is 0 Å². The fourth-order valence-corrected chi connectivity index (χ4v) is 5.08. The van der Waals surface area contributed by atoms with E-state index >= 15 is 0 Å². The molecule has 0 unspecified atom stereocenters. The number of aromatic nitrogens is 1. The van der Waals surface area contributed by atoms with Crippen molar-refractivity contribution in [3.05, 3.63) is 38.4 Å². The lowest BCUT2D eigenvalue weighted by Gasteiger charge is -2.27. The smallest absolute Gasteiger partial charge is 0.252 e. The van der Waals surface area contributed by atoms with Crippen molar-refractivity contribution in [1.82, 2.24) is 15.4 Å². The van der Waals surface area contributed by atoms with E-state index in [1.807, 2.05) is 19.2 Å². The summed E-state index contributed by atoms with van der Waals surface area (Å²) in [6.45, 7) is 8.97. The zero-order chi connectivity index (χ0) is 18.8. The van der Waals surface area contributed by atoms with Gasteiger partial charge in [-0.1, -0.05) is 5.16 Å². The number of carbonyl (C=O) groups excluding carboxylic acids is 1. The highest BCUT2D eigenvalue weighted by Crippen LogP contribution is 2.30. The number of fused-ring (bicyclic) bond motifs is 1. The molecule has 1 saturated heterocycles. The predicted octanol–water partition coefficient (Wildman–Crippen LogP) is 3.07. The van der Waals surface area contributed by atoms with Gasteiger partial charge >= 0.3 is 0 Å². The third kappa shape index (κ3) is 4.10. The lowest BCUT2D eigenvalue weighted by molar-refractivity contribution is 0.0536. The summed E-state index contributed by atoms with van der Waals surface area (Å²) >= 11 is 1.70. The first-order valence-corrected chi connectivity index (χ1v) is 10.6. The van der Waals surface area contributed by atoms with Gasteiger partial charge in [-0.15, -0.1) is 11.3 Å². The Morgan fingerprint density at radius 1 is 1.44 bits per heavy atom. The Labute approximate surface area is 163 Å². The molecular weight excluding hydrogens is 362 g/mol. The van der Waals surface area contributed by atoms with E-state index in [1.165, 1.54) is 16.0 Å². The predicted molar refractivity (Wildman–Crippen MR) is 104 cm³/mol. The highest BCUT2D eigenvalue weighted by atomic mass is 32.1. The van der Waals surface area contributed by atoms with Crippen molar-refractivity contribution in [2.45, 2.75) is 46.2 Å². The molecule has 27 heavy (non-hydrogen) atoms. The van der Waals surface area contributed by atoms with E-state index in [9.17, 15) is 4.79 Å². The minimum Gasteiger partial charge on any atom is -0.381 e. The molecule has 1 amide bonds. The van der Waals surface area contributed by atoms with Crippen LogP contribution in [-0.2, 0) is 24.2 Å². The molecule has 0 bridgehead atoms. The summed E-state index contributed by atoms with van der Waals surface area (Å²) in [5, 5.41) is 9.20. The van der Waals surface area contributed by atoms with E-state index in [0.717, 1.165) is 69.1 Å². The number of rotatable bonds is 5.